The van der Waals surface area contributed by atoms with Crippen LogP contribution in [0.3, 0.4) is 0 Å². The Kier molecular flexibility index (Phi) is 6.82. The lowest BCUT2D eigenvalue weighted by Crippen LogP contribution is -2.54. The molecule has 0 unspecified atom stereocenters. The molecule has 0 spiro atoms. The van der Waals surface area contributed by atoms with Crippen molar-refractivity contribution in [2.75, 3.05) is 31.1 Å². The number of carboxylic acid groups (broad SMARTS) is 1. The minimum atomic E-state index is -0.803. The Morgan fingerprint density at radius 2 is 1.68 bits per heavy atom. The molecule has 1 aliphatic rings. The number of nitrogens with zero attached hydrogens (tertiary/aromatic N) is 2. The van der Waals surface area contributed by atoms with Crippen molar-refractivity contribution in [3.63, 3.8) is 0 Å². The molecule has 1 saturated carbocycles. The SMILES string of the molecule is CCN(CC)c1ccc(C(=O)NC2CC(N(CC)CC(=O)O)C2)cc1. The summed E-state index contributed by atoms with van der Waals surface area (Å²) in [7, 11) is 0. The van der Waals surface area contributed by atoms with Crippen LogP contribution >= 0.6 is 0 Å². The molecule has 6 heteroatoms. The van der Waals surface area contributed by atoms with E-state index >= 15 is 0 Å². The van der Waals surface area contributed by atoms with E-state index in [1.54, 1.807) is 0 Å². The summed E-state index contributed by atoms with van der Waals surface area (Å²) < 4.78 is 0. The van der Waals surface area contributed by atoms with Gasteiger partial charge in [-0.3, -0.25) is 14.5 Å². The number of benzene rings is 1. The van der Waals surface area contributed by atoms with Gasteiger partial charge in [0.2, 0.25) is 0 Å². The quantitative estimate of drug-likeness (QED) is 0.716. The van der Waals surface area contributed by atoms with Crippen molar-refractivity contribution in [3.8, 4) is 0 Å². The third kappa shape index (κ3) is 4.95. The van der Waals surface area contributed by atoms with Gasteiger partial charge in [-0.05, 0) is 57.5 Å². The van der Waals surface area contributed by atoms with Gasteiger partial charge in [0.15, 0.2) is 0 Å². The first kappa shape index (κ1) is 19.2. The summed E-state index contributed by atoms with van der Waals surface area (Å²) in [5.74, 6) is -0.863. The molecule has 1 aromatic carbocycles. The van der Waals surface area contributed by atoms with Crippen LogP contribution in [0.2, 0.25) is 0 Å². The molecule has 0 heterocycles. The highest BCUT2D eigenvalue weighted by Gasteiger charge is 2.34. The van der Waals surface area contributed by atoms with Crippen molar-refractivity contribution in [2.45, 2.75) is 45.7 Å². The van der Waals surface area contributed by atoms with Crippen molar-refractivity contribution in [1.29, 1.82) is 0 Å². The van der Waals surface area contributed by atoms with Gasteiger partial charge in [-0.15, -0.1) is 0 Å². The molecule has 1 amide bonds. The summed E-state index contributed by atoms with van der Waals surface area (Å²) >= 11 is 0. The number of amides is 1. The van der Waals surface area contributed by atoms with Crippen molar-refractivity contribution < 1.29 is 14.7 Å². The monoisotopic (exact) mass is 347 g/mol. The molecular weight excluding hydrogens is 318 g/mol. The van der Waals surface area contributed by atoms with Gasteiger partial charge in [0.25, 0.3) is 5.91 Å². The topological polar surface area (TPSA) is 72.9 Å². The molecule has 0 bridgehead atoms. The van der Waals surface area contributed by atoms with Gasteiger partial charge < -0.3 is 15.3 Å². The van der Waals surface area contributed by atoms with Gasteiger partial charge in [0.05, 0.1) is 6.54 Å². The summed E-state index contributed by atoms with van der Waals surface area (Å²) in [6.07, 6.45) is 1.62. The van der Waals surface area contributed by atoms with Crippen molar-refractivity contribution in [2.24, 2.45) is 0 Å². The summed E-state index contributed by atoms with van der Waals surface area (Å²) in [6, 6.07) is 8.07. The maximum atomic E-state index is 12.4. The van der Waals surface area contributed by atoms with E-state index in [1.165, 1.54) is 0 Å². The molecular formula is C19H29N3O3. The summed E-state index contributed by atoms with van der Waals surface area (Å²) in [5.41, 5.74) is 1.79. The maximum Gasteiger partial charge on any atom is 0.317 e. The van der Waals surface area contributed by atoms with Crippen LogP contribution in [0.15, 0.2) is 24.3 Å². The Morgan fingerprint density at radius 3 is 2.16 bits per heavy atom. The highest BCUT2D eigenvalue weighted by atomic mass is 16.4. The molecule has 0 aromatic heterocycles. The average molecular weight is 347 g/mol. The Labute approximate surface area is 149 Å². The first-order valence-corrected chi connectivity index (χ1v) is 9.10. The van der Waals surface area contributed by atoms with E-state index in [0.717, 1.165) is 31.6 Å². The molecule has 6 nitrogen and oxygen atoms in total. The minimum absolute atomic E-state index is 0.0594. The number of aliphatic carboxylic acids is 1. The maximum absolute atomic E-state index is 12.4. The predicted molar refractivity (Wildman–Crippen MR) is 99.2 cm³/mol. The predicted octanol–water partition coefficient (Wildman–Crippen LogP) is 2.20. The van der Waals surface area contributed by atoms with Gasteiger partial charge in [-0.2, -0.15) is 0 Å². The molecule has 25 heavy (non-hydrogen) atoms. The van der Waals surface area contributed by atoms with Crippen LogP contribution in [0.25, 0.3) is 0 Å². The standard InChI is InChI=1S/C19H29N3O3/c1-4-21(5-2)16-9-7-14(8-10-16)19(25)20-15-11-17(12-15)22(6-3)13-18(23)24/h7-10,15,17H,4-6,11-13H2,1-3H3,(H,20,25)(H,23,24). The van der Waals surface area contributed by atoms with Crippen molar-refractivity contribution >= 4 is 17.6 Å². The number of carboxylic acids is 1. The van der Waals surface area contributed by atoms with Gasteiger partial charge in [-0.25, -0.2) is 0 Å². The van der Waals surface area contributed by atoms with Gasteiger partial charge in [-0.1, -0.05) is 6.92 Å². The molecule has 0 aliphatic heterocycles. The fourth-order valence-corrected chi connectivity index (χ4v) is 3.36. The Balaban J connectivity index is 1.84. The van der Waals surface area contributed by atoms with Crippen LogP contribution in [-0.4, -0.2) is 60.1 Å². The number of carbonyl (C=O) groups is 2. The van der Waals surface area contributed by atoms with Crippen LogP contribution in [-0.2, 0) is 4.79 Å². The lowest BCUT2D eigenvalue weighted by molar-refractivity contribution is -0.139. The van der Waals surface area contributed by atoms with E-state index in [2.05, 4.69) is 24.1 Å². The number of rotatable bonds is 9. The highest BCUT2D eigenvalue weighted by molar-refractivity contribution is 5.94. The van der Waals surface area contributed by atoms with Crippen LogP contribution in [0.1, 0.15) is 44.0 Å². The number of hydrogen-bond acceptors (Lipinski definition) is 4. The second kappa shape index (κ2) is 8.85. The number of nitrogens with one attached hydrogen (secondary N) is 1. The van der Waals surface area contributed by atoms with Crippen LogP contribution in [0, 0.1) is 0 Å². The molecule has 1 fully saturated rings. The Morgan fingerprint density at radius 1 is 1.08 bits per heavy atom. The molecule has 1 aromatic rings. The van der Waals surface area contributed by atoms with E-state index < -0.39 is 5.97 Å². The number of anilines is 1. The lowest BCUT2D eigenvalue weighted by Gasteiger charge is -2.42. The molecule has 0 radical (unpaired) electrons. The normalized spacial score (nSPS) is 19.4. The number of hydrogen-bond donors (Lipinski definition) is 2. The zero-order valence-electron chi connectivity index (χ0n) is 15.4. The van der Waals surface area contributed by atoms with E-state index in [4.69, 9.17) is 5.11 Å². The largest absolute Gasteiger partial charge is 0.480 e. The summed E-state index contributed by atoms with van der Waals surface area (Å²) in [4.78, 5) is 27.4. The molecule has 1 aliphatic carbocycles. The molecule has 0 atom stereocenters. The third-order valence-corrected chi connectivity index (χ3v) is 4.97. The lowest BCUT2D eigenvalue weighted by atomic mass is 9.85. The first-order valence-electron chi connectivity index (χ1n) is 9.10. The average Bonchev–Trinajstić information content (AvgIpc) is 2.57. The fraction of sp³-hybridized carbons (Fsp3) is 0.579. The number of likely N-dealkylation sites (N-methyl/N-ethyl adjacent to an activating group) is 1. The number of carbonyl (C=O) groups excluding carboxylic acids is 1. The second-order valence-corrected chi connectivity index (χ2v) is 6.47. The Hall–Kier alpha value is -2.08. The van der Waals surface area contributed by atoms with Gasteiger partial charge >= 0.3 is 5.97 Å². The van der Waals surface area contributed by atoms with E-state index in [1.807, 2.05) is 36.1 Å². The van der Waals surface area contributed by atoms with E-state index in [0.29, 0.717) is 12.1 Å². The van der Waals surface area contributed by atoms with Crippen LogP contribution in [0.5, 0.6) is 0 Å². The highest BCUT2D eigenvalue weighted by Crippen LogP contribution is 2.26. The molecule has 0 saturated heterocycles. The van der Waals surface area contributed by atoms with Gasteiger partial charge in [0.1, 0.15) is 0 Å². The van der Waals surface area contributed by atoms with Gasteiger partial charge in [0, 0.05) is 36.4 Å². The van der Waals surface area contributed by atoms with Crippen molar-refractivity contribution in [1.82, 2.24) is 10.2 Å². The van der Waals surface area contributed by atoms with E-state index in [9.17, 15) is 9.59 Å². The zero-order chi connectivity index (χ0) is 18.4. The molecule has 2 N–H and O–H groups in total. The molecule has 2 rings (SSSR count). The Bertz CT molecular complexity index is 578. The smallest absolute Gasteiger partial charge is 0.317 e. The van der Waals surface area contributed by atoms with Crippen molar-refractivity contribution in [3.05, 3.63) is 29.8 Å². The zero-order valence-corrected chi connectivity index (χ0v) is 15.4. The fourth-order valence-electron chi connectivity index (χ4n) is 3.36. The van der Waals surface area contributed by atoms with Crippen LogP contribution < -0.4 is 10.2 Å². The second-order valence-electron chi connectivity index (χ2n) is 6.47. The summed E-state index contributed by atoms with van der Waals surface area (Å²) in [6.45, 7) is 8.85. The molecule has 138 valence electrons. The van der Waals surface area contributed by atoms with E-state index in [-0.39, 0.29) is 24.5 Å². The third-order valence-electron chi connectivity index (χ3n) is 4.97. The van der Waals surface area contributed by atoms with Crippen LogP contribution in [0.4, 0.5) is 5.69 Å². The first-order chi connectivity index (χ1) is 12.0. The summed E-state index contributed by atoms with van der Waals surface area (Å²) in [5, 5.41) is 12.0. The minimum Gasteiger partial charge on any atom is -0.480 e.